The van der Waals surface area contributed by atoms with Gasteiger partial charge in [-0.3, -0.25) is 10.1 Å². The smallest absolute Gasteiger partial charge is 0.250 e. The zero-order valence-corrected chi connectivity index (χ0v) is 11.6. The number of hydrogen-bond donors (Lipinski definition) is 2. The number of H-pyrrole nitrogens is 1. The van der Waals surface area contributed by atoms with Crippen LogP contribution in [0.15, 0.2) is 24.5 Å². The topological polar surface area (TPSA) is 79.9 Å². The molecule has 0 atom stereocenters. The summed E-state index contributed by atoms with van der Waals surface area (Å²) in [6.45, 7) is 3.95. The van der Waals surface area contributed by atoms with Crippen LogP contribution in [-0.4, -0.2) is 28.2 Å². The number of carbonyl (C=O) groups excluding carboxylic acids is 1. The van der Waals surface area contributed by atoms with Gasteiger partial charge in [0.05, 0.1) is 7.11 Å². The van der Waals surface area contributed by atoms with Crippen molar-refractivity contribution in [1.82, 2.24) is 15.2 Å². The summed E-state index contributed by atoms with van der Waals surface area (Å²) in [5, 5.41) is 8.79. The fraction of sp³-hybridized carbons (Fsp3) is 0.214. The van der Waals surface area contributed by atoms with Gasteiger partial charge in [-0.25, -0.2) is 5.10 Å². The molecular formula is C14H16N4O2. The second-order valence-corrected chi connectivity index (χ2v) is 4.33. The number of rotatable bonds is 4. The average Bonchev–Trinajstić information content (AvgIpc) is 2.90. The number of benzene rings is 1. The lowest BCUT2D eigenvalue weighted by molar-refractivity contribution is -0.111. The molecule has 2 rings (SSSR count). The Kier molecular flexibility index (Phi) is 4.14. The van der Waals surface area contributed by atoms with Crippen LogP contribution in [0.1, 0.15) is 16.7 Å². The maximum Gasteiger partial charge on any atom is 0.250 e. The highest BCUT2D eigenvalue weighted by molar-refractivity contribution is 6.01. The minimum absolute atomic E-state index is 0.267. The molecule has 6 nitrogen and oxygen atoms in total. The van der Waals surface area contributed by atoms with Gasteiger partial charge in [0.2, 0.25) is 5.95 Å². The lowest BCUT2D eigenvalue weighted by atomic mass is 10.0. The molecular weight excluding hydrogens is 256 g/mol. The lowest BCUT2D eigenvalue weighted by Gasteiger charge is -2.08. The van der Waals surface area contributed by atoms with Crippen molar-refractivity contribution >= 4 is 17.9 Å². The number of anilines is 1. The van der Waals surface area contributed by atoms with E-state index in [1.165, 1.54) is 12.4 Å². The molecule has 0 aliphatic carbocycles. The molecule has 0 unspecified atom stereocenters. The summed E-state index contributed by atoms with van der Waals surface area (Å²) in [6.07, 6.45) is 4.57. The van der Waals surface area contributed by atoms with E-state index in [9.17, 15) is 4.79 Å². The minimum Gasteiger partial charge on any atom is -0.497 e. The van der Waals surface area contributed by atoms with E-state index in [1.807, 2.05) is 26.0 Å². The Morgan fingerprint density at radius 3 is 2.60 bits per heavy atom. The van der Waals surface area contributed by atoms with Crippen molar-refractivity contribution in [1.29, 1.82) is 0 Å². The fourth-order valence-electron chi connectivity index (χ4n) is 1.90. The second kappa shape index (κ2) is 6.01. The molecule has 2 aromatic rings. The van der Waals surface area contributed by atoms with Crippen molar-refractivity contribution in [3.05, 3.63) is 41.2 Å². The monoisotopic (exact) mass is 272 g/mol. The van der Waals surface area contributed by atoms with Crippen LogP contribution in [0, 0.1) is 13.8 Å². The zero-order chi connectivity index (χ0) is 14.5. The largest absolute Gasteiger partial charge is 0.497 e. The molecule has 0 spiro atoms. The summed E-state index contributed by atoms with van der Waals surface area (Å²) in [5.74, 6) is 0.863. The third-order valence-electron chi connectivity index (χ3n) is 2.86. The predicted molar refractivity (Wildman–Crippen MR) is 76.5 cm³/mol. The molecule has 0 saturated heterocycles. The summed E-state index contributed by atoms with van der Waals surface area (Å²) >= 11 is 0. The number of nitrogens with zero attached hydrogens (tertiary/aromatic N) is 2. The van der Waals surface area contributed by atoms with Gasteiger partial charge in [0.1, 0.15) is 12.1 Å². The SMILES string of the molecule is COc1cc(C)c(/C=C/C(=O)Nc2ncn[nH]2)c(C)c1. The molecule has 1 aromatic carbocycles. The Hall–Kier alpha value is -2.63. The highest BCUT2D eigenvalue weighted by Gasteiger charge is 2.04. The molecule has 0 bridgehead atoms. The Labute approximate surface area is 116 Å². The first-order valence-corrected chi connectivity index (χ1v) is 6.10. The van der Waals surface area contributed by atoms with Crippen LogP contribution >= 0.6 is 0 Å². The zero-order valence-electron chi connectivity index (χ0n) is 11.6. The van der Waals surface area contributed by atoms with E-state index in [0.29, 0.717) is 5.95 Å². The molecule has 104 valence electrons. The summed E-state index contributed by atoms with van der Waals surface area (Å²) in [4.78, 5) is 15.5. The third-order valence-corrected chi connectivity index (χ3v) is 2.86. The molecule has 0 radical (unpaired) electrons. The third kappa shape index (κ3) is 3.23. The Morgan fingerprint density at radius 1 is 1.35 bits per heavy atom. The predicted octanol–water partition coefficient (Wildman–Crippen LogP) is 2.08. The van der Waals surface area contributed by atoms with Crippen LogP contribution in [-0.2, 0) is 4.79 Å². The van der Waals surface area contributed by atoms with Crippen molar-refractivity contribution in [3.8, 4) is 5.75 Å². The summed E-state index contributed by atoms with van der Waals surface area (Å²) < 4.78 is 5.20. The van der Waals surface area contributed by atoms with E-state index >= 15 is 0 Å². The van der Waals surface area contributed by atoms with Crippen LogP contribution in [0.3, 0.4) is 0 Å². The van der Waals surface area contributed by atoms with E-state index in [2.05, 4.69) is 20.5 Å². The maximum atomic E-state index is 11.7. The number of amides is 1. The van der Waals surface area contributed by atoms with Gasteiger partial charge in [-0.1, -0.05) is 0 Å². The van der Waals surface area contributed by atoms with Gasteiger partial charge >= 0.3 is 0 Å². The first-order valence-electron chi connectivity index (χ1n) is 6.10. The average molecular weight is 272 g/mol. The summed E-state index contributed by atoms with van der Waals surface area (Å²) in [5.41, 5.74) is 3.09. The van der Waals surface area contributed by atoms with Crippen LogP contribution in [0.2, 0.25) is 0 Å². The van der Waals surface area contributed by atoms with Gasteiger partial charge in [0.25, 0.3) is 5.91 Å². The molecule has 6 heteroatoms. The highest BCUT2D eigenvalue weighted by Crippen LogP contribution is 2.22. The molecule has 2 N–H and O–H groups in total. The van der Waals surface area contributed by atoms with Crippen molar-refractivity contribution in [2.24, 2.45) is 0 Å². The maximum absolute atomic E-state index is 11.7. The number of hydrogen-bond acceptors (Lipinski definition) is 4. The molecule has 0 fully saturated rings. The number of nitrogens with one attached hydrogen (secondary N) is 2. The van der Waals surface area contributed by atoms with E-state index in [0.717, 1.165) is 22.4 Å². The van der Waals surface area contributed by atoms with Gasteiger partial charge in [0, 0.05) is 6.08 Å². The molecule has 0 aliphatic heterocycles. The van der Waals surface area contributed by atoms with Crippen molar-refractivity contribution < 1.29 is 9.53 Å². The Morgan fingerprint density at radius 2 is 2.05 bits per heavy atom. The number of aromatic nitrogens is 3. The molecule has 20 heavy (non-hydrogen) atoms. The first-order chi connectivity index (χ1) is 9.60. The van der Waals surface area contributed by atoms with E-state index in [4.69, 9.17) is 4.74 Å². The fourth-order valence-corrected chi connectivity index (χ4v) is 1.90. The number of aromatic amines is 1. The molecule has 0 saturated carbocycles. The van der Waals surface area contributed by atoms with Crippen molar-refractivity contribution in [3.63, 3.8) is 0 Å². The van der Waals surface area contributed by atoms with Gasteiger partial charge in [-0.2, -0.15) is 10.1 Å². The molecule has 1 heterocycles. The molecule has 1 aromatic heterocycles. The van der Waals surface area contributed by atoms with Crippen LogP contribution < -0.4 is 10.1 Å². The number of methoxy groups -OCH3 is 1. The van der Waals surface area contributed by atoms with Crippen LogP contribution in [0.25, 0.3) is 6.08 Å². The summed E-state index contributed by atoms with van der Waals surface area (Å²) in [7, 11) is 1.63. The summed E-state index contributed by atoms with van der Waals surface area (Å²) in [6, 6.07) is 3.86. The Bertz CT molecular complexity index is 610. The lowest BCUT2D eigenvalue weighted by Crippen LogP contribution is -2.09. The van der Waals surface area contributed by atoms with Crippen LogP contribution in [0.4, 0.5) is 5.95 Å². The minimum atomic E-state index is -0.267. The first kappa shape index (κ1) is 13.8. The van der Waals surface area contributed by atoms with Crippen molar-refractivity contribution in [2.45, 2.75) is 13.8 Å². The normalized spacial score (nSPS) is 10.8. The van der Waals surface area contributed by atoms with Gasteiger partial charge < -0.3 is 4.74 Å². The van der Waals surface area contributed by atoms with Gasteiger partial charge in [0.15, 0.2) is 0 Å². The number of carbonyl (C=O) groups is 1. The quantitative estimate of drug-likeness (QED) is 0.835. The van der Waals surface area contributed by atoms with E-state index < -0.39 is 0 Å². The van der Waals surface area contributed by atoms with Crippen molar-refractivity contribution in [2.75, 3.05) is 12.4 Å². The van der Waals surface area contributed by atoms with Gasteiger partial charge in [-0.15, -0.1) is 0 Å². The Balaban J connectivity index is 2.13. The van der Waals surface area contributed by atoms with Gasteiger partial charge in [-0.05, 0) is 48.7 Å². The highest BCUT2D eigenvalue weighted by atomic mass is 16.5. The number of ether oxygens (including phenoxy) is 1. The molecule has 1 amide bonds. The van der Waals surface area contributed by atoms with Crippen LogP contribution in [0.5, 0.6) is 5.75 Å². The standard InChI is InChI=1S/C14H16N4O2/c1-9-6-11(20-3)7-10(2)12(9)4-5-13(19)17-14-15-8-16-18-14/h4-8H,1-3H3,(H2,15,16,17,18,19)/b5-4+. The number of aryl methyl sites for hydroxylation is 2. The second-order valence-electron chi connectivity index (χ2n) is 4.33. The van der Waals surface area contributed by atoms with E-state index in [1.54, 1.807) is 13.2 Å². The van der Waals surface area contributed by atoms with E-state index in [-0.39, 0.29) is 5.91 Å². The molecule has 0 aliphatic rings.